The van der Waals surface area contributed by atoms with E-state index in [9.17, 15) is 19.8 Å². The molecule has 0 heterocycles. The highest BCUT2D eigenvalue weighted by Gasteiger charge is 2.18. The smallest absolute Gasteiger partial charge is 0.305 e. The van der Waals surface area contributed by atoms with Crippen LogP contribution < -0.4 is 5.32 Å². The third-order valence-corrected chi connectivity index (χ3v) is 14.0. The predicted octanol–water partition coefficient (Wildman–Crippen LogP) is 18.6. The molecule has 0 radical (unpaired) electrons. The molecule has 0 aliphatic rings. The number of hydrogen-bond acceptors (Lipinski definition) is 5. The van der Waals surface area contributed by atoms with Crippen LogP contribution in [0.5, 0.6) is 0 Å². The predicted molar refractivity (Wildman–Crippen MR) is 292 cm³/mol. The number of rotatable bonds is 56. The van der Waals surface area contributed by atoms with Crippen LogP contribution in [-0.4, -0.2) is 47.4 Å². The summed E-state index contributed by atoms with van der Waals surface area (Å²) in [5, 5.41) is 23.2. The Morgan fingerprint density at radius 1 is 0.403 bits per heavy atom. The monoisotopic (exact) mass is 944 g/mol. The number of unbranched alkanes of at least 4 members (excludes halogenated alkanes) is 43. The third-order valence-electron chi connectivity index (χ3n) is 14.0. The van der Waals surface area contributed by atoms with Gasteiger partial charge in [0, 0.05) is 12.8 Å². The van der Waals surface area contributed by atoms with Crippen molar-refractivity contribution in [1.29, 1.82) is 0 Å². The van der Waals surface area contributed by atoms with Crippen LogP contribution in [0.3, 0.4) is 0 Å². The second-order valence-corrected chi connectivity index (χ2v) is 20.7. The Bertz CT molecular complexity index is 1040. The van der Waals surface area contributed by atoms with E-state index in [2.05, 4.69) is 31.3 Å². The van der Waals surface area contributed by atoms with Crippen molar-refractivity contribution in [2.45, 2.75) is 341 Å². The molecule has 3 N–H and O–H groups in total. The van der Waals surface area contributed by atoms with Gasteiger partial charge >= 0.3 is 5.97 Å². The molecule has 0 aliphatic carbocycles. The van der Waals surface area contributed by atoms with Gasteiger partial charge in [-0.3, -0.25) is 9.59 Å². The van der Waals surface area contributed by atoms with Gasteiger partial charge in [-0.25, -0.2) is 0 Å². The highest BCUT2D eigenvalue weighted by atomic mass is 16.5. The van der Waals surface area contributed by atoms with Crippen molar-refractivity contribution in [2.75, 3.05) is 13.2 Å². The average Bonchev–Trinajstić information content (AvgIpc) is 3.33. The summed E-state index contributed by atoms with van der Waals surface area (Å²) in [6, 6.07) is -0.632. The van der Waals surface area contributed by atoms with Gasteiger partial charge in [0.05, 0.1) is 25.4 Å². The molecule has 396 valence electrons. The first-order chi connectivity index (χ1) is 33.0. The minimum Gasteiger partial charge on any atom is -0.466 e. The van der Waals surface area contributed by atoms with E-state index >= 15 is 0 Å². The summed E-state index contributed by atoms with van der Waals surface area (Å²) in [5.74, 6) is -0.0752. The number of carbonyl (C=O) groups excluding carboxylic acids is 2. The van der Waals surface area contributed by atoms with E-state index in [-0.39, 0.29) is 18.5 Å². The minimum atomic E-state index is -0.849. The number of amides is 1. The summed E-state index contributed by atoms with van der Waals surface area (Å²) < 4.78 is 5.47. The Hall–Kier alpha value is -1.66. The highest BCUT2D eigenvalue weighted by molar-refractivity contribution is 5.76. The Morgan fingerprint density at radius 3 is 1.07 bits per heavy atom. The van der Waals surface area contributed by atoms with Crippen molar-refractivity contribution in [3.05, 3.63) is 24.3 Å². The molecule has 0 bridgehead atoms. The number of aliphatic hydroxyl groups excluding tert-OH is 2. The molecule has 2 unspecified atom stereocenters. The number of hydrogen-bond donors (Lipinski definition) is 3. The van der Waals surface area contributed by atoms with Gasteiger partial charge in [-0.1, -0.05) is 282 Å². The van der Waals surface area contributed by atoms with Gasteiger partial charge in [-0.05, 0) is 57.8 Å². The van der Waals surface area contributed by atoms with Crippen LogP contribution >= 0.6 is 0 Å². The number of allylic oxidation sites excluding steroid dienone is 3. The largest absolute Gasteiger partial charge is 0.466 e. The van der Waals surface area contributed by atoms with Crippen LogP contribution in [0.15, 0.2) is 24.3 Å². The van der Waals surface area contributed by atoms with Crippen molar-refractivity contribution < 1.29 is 24.5 Å². The molecule has 67 heavy (non-hydrogen) atoms. The molecular weight excluding hydrogens is 827 g/mol. The zero-order valence-corrected chi connectivity index (χ0v) is 45.1. The second-order valence-electron chi connectivity index (χ2n) is 20.7. The number of aliphatic hydroxyl groups is 2. The molecule has 0 aliphatic heterocycles. The molecule has 0 aromatic heterocycles. The summed E-state index contributed by atoms with van der Waals surface area (Å²) in [6.07, 6.45) is 69.2. The Labute approximate surface area is 418 Å². The quantitative estimate of drug-likeness (QED) is 0.0321. The Kier molecular flexibility index (Phi) is 55.5. The summed E-state index contributed by atoms with van der Waals surface area (Å²) in [5.41, 5.74) is 0. The summed E-state index contributed by atoms with van der Waals surface area (Å²) >= 11 is 0. The maximum atomic E-state index is 12.5. The van der Waals surface area contributed by atoms with Crippen molar-refractivity contribution >= 4 is 11.9 Å². The van der Waals surface area contributed by atoms with Crippen molar-refractivity contribution in [1.82, 2.24) is 5.32 Å². The van der Waals surface area contributed by atoms with Gasteiger partial charge in [-0.2, -0.15) is 0 Å². The molecule has 6 nitrogen and oxygen atoms in total. The Balaban J connectivity index is 3.45. The van der Waals surface area contributed by atoms with Crippen molar-refractivity contribution in [2.24, 2.45) is 0 Å². The number of carbonyl (C=O) groups is 2. The van der Waals surface area contributed by atoms with E-state index < -0.39 is 12.1 Å². The third kappa shape index (κ3) is 53.5. The van der Waals surface area contributed by atoms with Crippen LogP contribution in [0.1, 0.15) is 328 Å². The second kappa shape index (κ2) is 56.9. The van der Waals surface area contributed by atoms with Gasteiger partial charge < -0.3 is 20.3 Å². The van der Waals surface area contributed by atoms with E-state index in [4.69, 9.17) is 4.74 Å². The molecule has 2 atom stereocenters. The lowest BCUT2D eigenvalue weighted by Gasteiger charge is -2.20. The van der Waals surface area contributed by atoms with Crippen LogP contribution in [0.4, 0.5) is 0 Å². The molecule has 1 amide bonds. The topological polar surface area (TPSA) is 95.9 Å². The average molecular weight is 945 g/mol. The van der Waals surface area contributed by atoms with E-state index in [0.717, 1.165) is 44.9 Å². The lowest BCUT2D eigenvalue weighted by atomic mass is 10.0. The standard InChI is InChI=1S/C61H117NO5/c1-3-5-7-9-11-13-15-17-18-19-20-21-23-26-30-33-37-41-45-49-53-59(64)58(57-63)62-60(65)54-50-46-42-38-34-31-27-24-22-25-28-32-36-40-44-48-52-56-67-61(66)55-51-47-43-39-35-29-16-14-12-10-8-6-4-2/h14,16,49,53,58-59,63-64H,3-13,15,17-48,50-52,54-57H2,1-2H3,(H,62,65)/b16-14-,53-49+. The van der Waals surface area contributed by atoms with E-state index in [1.807, 2.05) is 6.08 Å². The van der Waals surface area contributed by atoms with Crippen molar-refractivity contribution in [3.8, 4) is 0 Å². The van der Waals surface area contributed by atoms with Crippen LogP contribution in [0.2, 0.25) is 0 Å². The fourth-order valence-electron chi connectivity index (χ4n) is 9.34. The van der Waals surface area contributed by atoms with Gasteiger partial charge in [0.2, 0.25) is 5.91 Å². The van der Waals surface area contributed by atoms with E-state index in [1.54, 1.807) is 6.08 Å². The first kappa shape index (κ1) is 65.3. The normalized spacial score (nSPS) is 12.7. The van der Waals surface area contributed by atoms with Gasteiger partial charge in [0.15, 0.2) is 0 Å². The highest BCUT2D eigenvalue weighted by Crippen LogP contribution is 2.17. The zero-order chi connectivity index (χ0) is 48.6. The molecule has 0 saturated heterocycles. The molecule has 0 rings (SSSR count). The lowest BCUT2D eigenvalue weighted by Crippen LogP contribution is -2.45. The zero-order valence-electron chi connectivity index (χ0n) is 45.1. The molecule has 0 fully saturated rings. The van der Waals surface area contributed by atoms with E-state index in [0.29, 0.717) is 19.4 Å². The fraction of sp³-hybridized carbons (Fsp3) is 0.902. The summed E-state index contributed by atoms with van der Waals surface area (Å²) in [6.45, 7) is 4.89. The Morgan fingerprint density at radius 2 is 0.701 bits per heavy atom. The van der Waals surface area contributed by atoms with Gasteiger partial charge in [0.25, 0.3) is 0 Å². The maximum Gasteiger partial charge on any atom is 0.305 e. The molecule has 0 saturated carbocycles. The van der Waals surface area contributed by atoms with Crippen LogP contribution in [-0.2, 0) is 14.3 Å². The number of esters is 1. The first-order valence-electron chi connectivity index (χ1n) is 30.1. The fourth-order valence-corrected chi connectivity index (χ4v) is 9.34. The molecule has 0 aromatic carbocycles. The van der Waals surface area contributed by atoms with Crippen LogP contribution in [0, 0.1) is 0 Å². The van der Waals surface area contributed by atoms with Gasteiger partial charge in [0.1, 0.15) is 0 Å². The molecule has 0 spiro atoms. The molecule has 6 heteroatoms. The first-order valence-corrected chi connectivity index (χ1v) is 30.1. The van der Waals surface area contributed by atoms with Crippen LogP contribution in [0.25, 0.3) is 0 Å². The molecule has 0 aromatic rings. The summed E-state index contributed by atoms with van der Waals surface area (Å²) in [7, 11) is 0. The number of ether oxygens (including phenoxy) is 1. The minimum absolute atomic E-state index is 0.00439. The van der Waals surface area contributed by atoms with Gasteiger partial charge in [-0.15, -0.1) is 0 Å². The SMILES string of the molecule is CCCCCC/C=C\CCCCCCCC(=O)OCCCCCCCCCCCCCCCCCCCC(=O)NC(CO)C(O)/C=C/CCCCCCCCCCCCCCCCCCCC. The number of nitrogens with one attached hydrogen (secondary N) is 1. The van der Waals surface area contributed by atoms with E-state index in [1.165, 1.54) is 257 Å². The summed E-state index contributed by atoms with van der Waals surface area (Å²) in [4.78, 5) is 24.5. The lowest BCUT2D eigenvalue weighted by molar-refractivity contribution is -0.143. The van der Waals surface area contributed by atoms with Crippen molar-refractivity contribution in [3.63, 3.8) is 0 Å². The molecular formula is C61H117NO5. The maximum absolute atomic E-state index is 12.5.